The van der Waals surface area contributed by atoms with Crippen LogP contribution in [-0.4, -0.2) is 10.1 Å². The van der Waals surface area contributed by atoms with Crippen LogP contribution in [0.5, 0.6) is 0 Å². The smallest absolute Gasteiger partial charge is 0.247 e. The summed E-state index contributed by atoms with van der Waals surface area (Å²) in [5.74, 6) is 0. The van der Waals surface area contributed by atoms with Crippen LogP contribution in [0.2, 0.25) is 0 Å². The quantitative estimate of drug-likeness (QED) is 0.843. The van der Waals surface area contributed by atoms with Crippen molar-refractivity contribution in [1.29, 1.82) is 0 Å². The summed E-state index contributed by atoms with van der Waals surface area (Å²) in [7, 11) is 0. The van der Waals surface area contributed by atoms with Crippen molar-refractivity contribution < 1.29 is 5.11 Å². The second kappa shape index (κ2) is 5.46. The molecule has 0 aliphatic rings. The lowest BCUT2D eigenvalue weighted by Crippen LogP contribution is -2.06. The Kier molecular flexibility index (Phi) is 3.73. The second-order valence-corrected chi connectivity index (χ2v) is 4.03. The number of hydrogen-bond acceptors (Lipinski definition) is 2. The summed E-state index contributed by atoms with van der Waals surface area (Å²) in [5, 5.41) is 9.95. The third kappa shape index (κ3) is 3.29. The van der Waals surface area contributed by atoms with Gasteiger partial charge in [-0.2, -0.15) is 0 Å². The molecule has 0 saturated carbocycles. The maximum Gasteiger partial charge on any atom is 0.247 e. The molecule has 0 saturated heterocycles. The molecule has 0 bridgehead atoms. The Bertz CT molecular complexity index is 499. The maximum atomic E-state index is 10.9. The fourth-order valence-electron chi connectivity index (χ4n) is 1.74. The molecule has 0 spiro atoms. The Morgan fingerprint density at radius 3 is 2.53 bits per heavy atom. The number of H-pyrrole nitrogens is 1. The Labute approximate surface area is 99.8 Å². The van der Waals surface area contributed by atoms with Crippen LogP contribution in [0.15, 0.2) is 53.5 Å². The highest BCUT2D eigenvalue weighted by atomic mass is 16.3. The number of nitrogens with one attached hydrogen (secondary N) is 1. The van der Waals surface area contributed by atoms with Crippen molar-refractivity contribution in [1.82, 2.24) is 4.98 Å². The zero-order valence-corrected chi connectivity index (χ0v) is 9.47. The molecule has 0 radical (unpaired) electrons. The van der Waals surface area contributed by atoms with Gasteiger partial charge in [-0.25, -0.2) is 0 Å². The predicted octanol–water partition coefficient (Wildman–Crippen LogP) is 2.04. The minimum absolute atomic E-state index is 0.149. The SMILES string of the molecule is O=c1ccc(C(O)CCc2ccccc2)c[nH]1. The zero-order chi connectivity index (χ0) is 12.1. The molecule has 0 fully saturated rings. The number of hydrogen-bond donors (Lipinski definition) is 2. The van der Waals surface area contributed by atoms with Crippen LogP contribution in [0.1, 0.15) is 23.7 Å². The Morgan fingerprint density at radius 1 is 1.12 bits per heavy atom. The number of aromatic amines is 1. The highest BCUT2D eigenvalue weighted by molar-refractivity contribution is 5.16. The van der Waals surface area contributed by atoms with E-state index in [0.717, 1.165) is 12.0 Å². The number of rotatable bonds is 4. The molecule has 2 N–H and O–H groups in total. The van der Waals surface area contributed by atoms with Gasteiger partial charge in [-0.1, -0.05) is 30.3 Å². The predicted molar refractivity (Wildman–Crippen MR) is 66.8 cm³/mol. The van der Waals surface area contributed by atoms with E-state index in [1.165, 1.54) is 11.6 Å². The molecule has 17 heavy (non-hydrogen) atoms. The van der Waals surface area contributed by atoms with Gasteiger partial charge in [-0.05, 0) is 30.0 Å². The average molecular weight is 229 g/mol. The van der Waals surface area contributed by atoms with E-state index in [2.05, 4.69) is 4.98 Å². The molecular weight excluding hydrogens is 214 g/mol. The first-order valence-electron chi connectivity index (χ1n) is 5.66. The normalized spacial score (nSPS) is 12.3. The molecule has 0 amide bonds. The lowest BCUT2D eigenvalue weighted by molar-refractivity contribution is 0.167. The van der Waals surface area contributed by atoms with E-state index >= 15 is 0 Å². The van der Waals surface area contributed by atoms with E-state index < -0.39 is 6.10 Å². The summed E-state index contributed by atoms with van der Waals surface area (Å²) in [6, 6.07) is 13.1. The number of benzene rings is 1. The van der Waals surface area contributed by atoms with E-state index in [9.17, 15) is 9.90 Å². The van der Waals surface area contributed by atoms with Gasteiger partial charge in [0.1, 0.15) is 0 Å². The largest absolute Gasteiger partial charge is 0.388 e. The van der Waals surface area contributed by atoms with Crippen LogP contribution in [0.25, 0.3) is 0 Å². The monoisotopic (exact) mass is 229 g/mol. The van der Waals surface area contributed by atoms with Crippen molar-refractivity contribution in [3.05, 3.63) is 70.1 Å². The van der Waals surface area contributed by atoms with Gasteiger partial charge in [0.2, 0.25) is 5.56 Å². The summed E-state index contributed by atoms with van der Waals surface area (Å²) >= 11 is 0. The molecule has 1 aromatic heterocycles. The first-order valence-corrected chi connectivity index (χ1v) is 5.66. The van der Waals surface area contributed by atoms with Gasteiger partial charge < -0.3 is 10.1 Å². The first kappa shape index (κ1) is 11.6. The fourth-order valence-corrected chi connectivity index (χ4v) is 1.74. The van der Waals surface area contributed by atoms with E-state index in [1.54, 1.807) is 12.3 Å². The number of pyridine rings is 1. The van der Waals surface area contributed by atoms with Gasteiger partial charge >= 0.3 is 0 Å². The van der Waals surface area contributed by atoms with E-state index in [4.69, 9.17) is 0 Å². The summed E-state index contributed by atoms with van der Waals surface area (Å²) in [5.41, 5.74) is 1.81. The van der Waals surface area contributed by atoms with Crippen LogP contribution in [0.3, 0.4) is 0 Å². The fraction of sp³-hybridized carbons (Fsp3) is 0.214. The molecular formula is C14H15NO2. The third-order valence-corrected chi connectivity index (χ3v) is 2.74. The van der Waals surface area contributed by atoms with Crippen molar-refractivity contribution in [2.75, 3.05) is 0 Å². The van der Waals surface area contributed by atoms with Crippen molar-refractivity contribution in [2.45, 2.75) is 18.9 Å². The summed E-state index contributed by atoms with van der Waals surface area (Å²) in [6.07, 6.45) is 2.50. The van der Waals surface area contributed by atoms with Crippen LogP contribution < -0.4 is 5.56 Å². The van der Waals surface area contributed by atoms with Gasteiger partial charge in [0.25, 0.3) is 0 Å². The van der Waals surface area contributed by atoms with Crippen LogP contribution in [0, 0.1) is 0 Å². The minimum atomic E-state index is -0.535. The Morgan fingerprint density at radius 2 is 1.88 bits per heavy atom. The molecule has 0 aliphatic heterocycles. The molecule has 0 aliphatic carbocycles. The molecule has 1 aromatic carbocycles. The topological polar surface area (TPSA) is 53.1 Å². The van der Waals surface area contributed by atoms with E-state index in [-0.39, 0.29) is 5.56 Å². The molecule has 1 heterocycles. The number of aryl methyl sites for hydroxylation is 1. The first-order chi connectivity index (χ1) is 8.25. The van der Waals surface area contributed by atoms with Crippen molar-refractivity contribution in [2.24, 2.45) is 0 Å². The molecule has 88 valence electrons. The summed E-state index contributed by atoms with van der Waals surface area (Å²) in [6.45, 7) is 0. The molecule has 1 unspecified atom stereocenters. The van der Waals surface area contributed by atoms with Gasteiger partial charge in [-0.15, -0.1) is 0 Å². The molecule has 3 heteroatoms. The summed E-state index contributed by atoms with van der Waals surface area (Å²) < 4.78 is 0. The zero-order valence-electron chi connectivity index (χ0n) is 9.47. The molecule has 2 rings (SSSR count). The Balaban J connectivity index is 1.96. The van der Waals surface area contributed by atoms with Crippen molar-refractivity contribution in [3.8, 4) is 0 Å². The van der Waals surface area contributed by atoms with Gasteiger partial charge in [0.05, 0.1) is 6.10 Å². The van der Waals surface area contributed by atoms with E-state index in [1.807, 2.05) is 30.3 Å². The van der Waals surface area contributed by atoms with Gasteiger partial charge in [0.15, 0.2) is 0 Å². The molecule has 3 nitrogen and oxygen atoms in total. The second-order valence-electron chi connectivity index (χ2n) is 4.03. The van der Waals surface area contributed by atoms with Gasteiger partial charge in [-0.3, -0.25) is 4.79 Å². The van der Waals surface area contributed by atoms with Crippen molar-refractivity contribution >= 4 is 0 Å². The maximum absolute atomic E-state index is 10.9. The Hall–Kier alpha value is -1.87. The highest BCUT2D eigenvalue weighted by Gasteiger charge is 2.07. The number of aliphatic hydroxyl groups excluding tert-OH is 1. The summed E-state index contributed by atoms with van der Waals surface area (Å²) in [4.78, 5) is 13.4. The average Bonchev–Trinajstić information content (AvgIpc) is 2.38. The van der Waals surface area contributed by atoms with Crippen LogP contribution >= 0.6 is 0 Å². The van der Waals surface area contributed by atoms with Gasteiger partial charge in [0, 0.05) is 12.3 Å². The number of aliphatic hydroxyl groups is 1. The standard InChI is InChI=1S/C14H15NO2/c16-13(12-7-9-14(17)15-10-12)8-6-11-4-2-1-3-5-11/h1-5,7,9-10,13,16H,6,8H2,(H,15,17). The van der Waals surface area contributed by atoms with Crippen LogP contribution in [0.4, 0.5) is 0 Å². The lowest BCUT2D eigenvalue weighted by Gasteiger charge is -2.10. The highest BCUT2D eigenvalue weighted by Crippen LogP contribution is 2.17. The van der Waals surface area contributed by atoms with Crippen LogP contribution in [-0.2, 0) is 6.42 Å². The molecule has 2 aromatic rings. The minimum Gasteiger partial charge on any atom is -0.388 e. The lowest BCUT2D eigenvalue weighted by atomic mass is 10.0. The van der Waals surface area contributed by atoms with E-state index in [0.29, 0.717) is 6.42 Å². The van der Waals surface area contributed by atoms with Crippen molar-refractivity contribution in [3.63, 3.8) is 0 Å². The molecule has 1 atom stereocenters. The number of aromatic nitrogens is 1. The third-order valence-electron chi connectivity index (χ3n) is 2.74.